The van der Waals surface area contributed by atoms with Gasteiger partial charge >= 0.3 is 0 Å². The molecule has 1 aliphatic heterocycles. The molecule has 0 aliphatic carbocycles. The molecule has 3 heterocycles. The largest absolute Gasteiger partial charge is 0.353 e. The van der Waals surface area contributed by atoms with Crippen LogP contribution in [0.2, 0.25) is 0 Å². The van der Waals surface area contributed by atoms with Gasteiger partial charge < -0.3 is 4.90 Å². The summed E-state index contributed by atoms with van der Waals surface area (Å²) in [5.74, 6) is 1.75. The van der Waals surface area contributed by atoms with E-state index in [-0.39, 0.29) is 0 Å². The molecule has 0 atom stereocenters. The maximum Gasteiger partial charge on any atom is 0.203 e. The SMILES string of the molecule is BrCC1CCN(c2nccn3cnnc23)CC1. The molecule has 1 saturated heterocycles. The van der Waals surface area contributed by atoms with Crippen LogP contribution in [0.1, 0.15) is 12.8 Å². The third kappa shape index (κ3) is 2.01. The molecule has 0 bridgehead atoms. The number of hydrogen-bond acceptors (Lipinski definition) is 4. The minimum Gasteiger partial charge on any atom is -0.353 e. The van der Waals surface area contributed by atoms with E-state index >= 15 is 0 Å². The van der Waals surface area contributed by atoms with Crippen LogP contribution in [-0.4, -0.2) is 38.0 Å². The third-order valence-corrected chi connectivity index (χ3v) is 4.25. The van der Waals surface area contributed by atoms with Gasteiger partial charge in [-0.15, -0.1) is 10.2 Å². The molecule has 3 rings (SSSR count). The Morgan fingerprint density at radius 2 is 2.18 bits per heavy atom. The number of alkyl halides is 1. The van der Waals surface area contributed by atoms with Crippen LogP contribution < -0.4 is 4.90 Å². The topological polar surface area (TPSA) is 46.3 Å². The molecule has 0 amide bonds. The predicted octanol–water partition coefficient (Wildman–Crippen LogP) is 1.74. The summed E-state index contributed by atoms with van der Waals surface area (Å²) in [4.78, 5) is 6.75. The first-order valence-electron chi connectivity index (χ1n) is 5.84. The van der Waals surface area contributed by atoms with Gasteiger partial charge in [-0.1, -0.05) is 15.9 Å². The zero-order valence-electron chi connectivity index (χ0n) is 9.46. The molecule has 17 heavy (non-hydrogen) atoms. The van der Waals surface area contributed by atoms with Crippen molar-refractivity contribution in [2.45, 2.75) is 12.8 Å². The van der Waals surface area contributed by atoms with Crippen LogP contribution in [-0.2, 0) is 0 Å². The Morgan fingerprint density at radius 3 is 2.94 bits per heavy atom. The lowest BCUT2D eigenvalue weighted by atomic mass is 9.99. The molecule has 1 aliphatic rings. The van der Waals surface area contributed by atoms with Gasteiger partial charge in [-0.2, -0.15) is 0 Å². The Hall–Kier alpha value is -1.17. The fraction of sp³-hybridized carbons (Fsp3) is 0.545. The Labute approximate surface area is 108 Å². The molecule has 0 N–H and O–H groups in total. The standard InChI is InChI=1S/C11H14BrN5/c12-7-9-1-4-16(5-2-9)10-11-15-14-8-17(11)6-3-13-10/h3,6,8-9H,1-2,4-5,7H2. The second kappa shape index (κ2) is 4.60. The number of piperidine rings is 1. The van der Waals surface area contributed by atoms with Gasteiger partial charge in [-0.05, 0) is 18.8 Å². The molecular weight excluding hydrogens is 282 g/mol. The summed E-state index contributed by atoms with van der Waals surface area (Å²) in [6.45, 7) is 2.10. The predicted molar refractivity (Wildman–Crippen MR) is 69.5 cm³/mol. The number of hydrogen-bond donors (Lipinski definition) is 0. The van der Waals surface area contributed by atoms with Gasteiger partial charge in [0.25, 0.3) is 0 Å². The normalized spacial score (nSPS) is 17.8. The zero-order valence-corrected chi connectivity index (χ0v) is 11.0. The van der Waals surface area contributed by atoms with Gasteiger partial charge in [0.1, 0.15) is 6.33 Å². The number of aromatic nitrogens is 4. The van der Waals surface area contributed by atoms with E-state index in [4.69, 9.17) is 0 Å². The van der Waals surface area contributed by atoms with Gasteiger partial charge in [0.15, 0.2) is 5.82 Å². The van der Waals surface area contributed by atoms with E-state index in [1.165, 1.54) is 12.8 Å². The van der Waals surface area contributed by atoms with Crippen molar-refractivity contribution in [3.63, 3.8) is 0 Å². The molecule has 6 heteroatoms. The second-order valence-corrected chi connectivity index (χ2v) is 5.04. The van der Waals surface area contributed by atoms with Crippen molar-refractivity contribution in [1.82, 2.24) is 19.6 Å². The van der Waals surface area contributed by atoms with E-state index < -0.39 is 0 Å². The lowest BCUT2D eigenvalue weighted by molar-refractivity contribution is 0.445. The first-order valence-corrected chi connectivity index (χ1v) is 6.96. The van der Waals surface area contributed by atoms with E-state index in [2.05, 4.69) is 36.0 Å². The van der Waals surface area contributed by atoms with Gasteiger partial charge in [0.2, 0.25) is 5.65 Å². The Morgan fingerprint density at radius 1 is 1.35 bits per heavy atom. The minimum absolute atomic E-state index is 0.795. The summed E-state index contributed by atoms with van der Waals surface area (Å²) in [6, 6.07) is 0. The summed E-state index contributed by atoms with van der Waals surface area (Å²) in [5.41, 5.74) is 0.852. The van der Waals surface area contributed by atoms with Crippen LogP contribution in [0.4, 0.5) is 5.82 Å². The minimum atomic E-state index is 0.795. The van der Waals surface area contributed by atoms with Gasteiger partial charge in [-0.3, -0.25) is 4.40 Å². The maximum atomic E-state index is 4.44. The Kier molecular flexibility index (Phi) is 2.96. The molecule has 2 aromatic heterocycles. The van der Waals surface area contributed by atoms with Gasteiger partial charge in [0, 0.05) is 30.8 Å². The van der Waals surface area contributed by atoms with Gasteiger partial charge in [-0.25, -0.2) is 4.98 Å². The summed E-state index contributed by atoms with van der Waals surface area (Å²) in [7, 11) is 0. The lowest BCUT2D eigenvalue weighted by Gasteiger charge is -2.31. The molecule has 2 aromatic rings. The number of rotatable bonds is 2. The smallest absolute Gasteiger partial charge is 0.203 e. The molecule has 1 fully saturated rings. The molecule has 0 saturated carbocycles. The molecule has 0 spiro atoms. The molecular formula is C11H14BrN5. The monoisotopic (exact) mass is 295 g/mol. The third-order valence-electron chi connectivity index (χ3n) is 3.33. The average Bonchev–Trinajstić information content (AvgIpc) is 2.87. The molecule has 5 nitrogen and oxygen atoms in total. The van der Waals surface area contributed by atoms with Crippen molar-refractivity contribution in [2.75, 3.05) is 23.3 Å². The average molecular weight is 296 g/mol. The number of halogens is 1. The fourth-order valence-electron chi connectivity index (χ4n) is 2.27. The van der Waals surface area contributed by atoms with E-state index in [1.807, 2.05) is 16.8 Å². The zero-order chi connectivity index (χ0) is 11.7. The summed E-state index contributed by atoms with van der Waals surface area (Å²) in [5, 5.41) is 9.16. The summed E-state index contributed by atoms with van der Waals surface area (Å²) in [6.07, 6.45) is 7.82. The van der Waals surface area contributed by atoms with Crippen LogP contribution in [0.3, 0.4) is 0 Å². The number of anilines is 1. The first kappa shape index (κ1) is 11.0. The Bertz CT molecular complexity index is 503. The quantitative estimate of drug-likeness (QED) is 0.792. The second-order valence-electron chi connectivity index (χ2n) is 4.40. The lowest BCUT2D eigenvalue weighted by Crippen LogP contribution is -2.35. The van der Waals surface area contributed by atoms with Crippen molar-refractivity contribution < 1.29 is 0 Å². The van der Waals surface area contributed by atoms with Crippen LogP contribution in [0, 0.1) is 5.92 Å². The fourth-order valence-corrected chi connectivity index (χ4v) is 2.91. The van der Waals surface area contributed by atoms with E-state index in [0.717, 1.165) is 35.8 Å². The van der Waals surface area contributed by atoms with Crippen LogP contribution in [0.15, 0.2) is 18.7 Å². The Balaban J connectivity index is 1.87. The highest BCUT2D eigenvalue weighted by Crippen LogP contribution is 2.24. The van der Waals surface area contributed by atoms with Crippen molar-refractivity contribution >= 4 is 27.4 Å². The van der Waals surface area contributed by atoms with E-state index in [0.29, 0.717) is 0 Å². The van der Waals surface area contributed by atoms with Crippen LogP contribution >= 0.6 is 15.9 Å². The van der Waals surface area contributed by atoms with Crippen molar-refractivity contribution in [1.29, 1.82) is 0 Å². The maximum absolute atomic E-state index is 4.44. The first-order chi connectivity index (χ1) is 8.38. The van der Waals surface area contributed by atoms with E-state index in [1.54, 1.807) is 6.33 Å². The number of nitrogens with zero attached hydrogens (tertiary/aromatic N) is 5. The molecule has 0 radical (unpaired) electrons. The molecule has 90 valence electrons. The molecule has 0 unspecified atom stereocenters. The highest BCUT2D eigenvalue weighted by Gasteiger charge is 2.21. The summed E-state index contributed by atoms with van der Waals surface area (Å²) >= 11 is 3.56. The van der Waals surface area contributed by atoms with Crippen molar-refractivity contribution in [2.24, 2.45) is 5.92 Å². The highest BCUT2D eigenvalue weighted by molar-refractivity contribution is 9.09. The van der Waals surface area contributed by atoms with E-state index in [9.17, 15) is 0 Å². The van der Waals surface area contributed by atoms with Crippen LogP contribution in [0.5, 0.6) is 0 Å². The highest BCUT2D eigenvalue weighted by atomic mass is 79.9. The summed E-state index contributed by atoms with van der Waals surface area (Å²) < 4.78 is 1.92. The van der Waals surface area contributed by atoms with Crippen LogP contribution in [0.25, 0.3) is 5.65 Å². The molecule has 0 aromatic carbocycles. The number of fused-ring (bicyclic) bond motifs is 1. The van der Waals surface area contributed by atoms with Crippen molar-refractivity contribution in [3.05, 3.63) is 18.7 Å². The van der Waals surface area contributed by atoms with Gasteiger partial charge in [0.05, 0.1) is 0 Å². The van der Waals surface area contributed by atoms with Crippen molar-refractivity contribution in [3.8, 4) is 0 Å².